The summed E-state index contributed by atoms with van der Waals surface area (Å²) < 4.78 is 10.6. The van der Waals surface area contributed by atoms with Gasteiger partial charge in [0.1, 0.15) is 5.41 Å². The number of aliphatic carboxylic acids is 1. The van der Waals surface area contributed by atoms with Crippen molar-refractivity contribution in [2.45, 2.75) is 31.6 Å². The Labute approximate surface area is 131 Å². The maximum Gasteiger partial charge on any atom is 0.322 e. The molecule has 1 aromatic carbocycles. The summed E-state index contributed by atoms with van der Waals surface area (Å²) in [5, 5.41) is 9.88. The second kappa shape index (κ2) is 7.56. The van der Waals surface area contributed by atoms with Gasteiger partial charge in [0.25, 0.3) is 0 Å². The quantitative estimate of drug-likeness (QED) is 0.533. The molecule has 1 N–H and O–H groups in total. The first-order chi connectivity index (χ1) is 10.7. The maximum atomic E-state index is 12.0. The van der Waals surface area contributed by atoms with Gasteiger partial charge in [-0.15, -0.1) is 0 Å². The second-order valence-electron chi connectivity index (χ2n) is 5.53. The number of hydrogen-bond donors (Lipinski definition) is 1. The molecule has 0 saturated heterocycles. The lowest BCUT2D eigenvalue weighted by atomic mass is 9.87. The van der Waals surface area contributed by atoms with Crippen molar-refractivity contribution in [2.75, 3.05) is 26.9 Å². The van der Waals surface area contributed by atoms with Crippen LogP contribution in [0.25, 0.3) is 0 Å². The van der Waals surface area contributed by atoms with Gasteiger partial charge < -0.3 is 14.6 Å². The van der Waals surface area contributed by atoms with E-state index in [2.05, 4.69) is 6.92 Å². The van der Waals surface area contributed by atoms with Crippen LogP contribution in [0.1, 0.15) is 31.7 Å². The molecule has 0 radical (unpaired) electrons. The number of rotatable bonds is 10. The van der Waals surface area contributed by atoms with Crippen LogP contribution < -0.4 is 0 Å². The lowest BCUT2D eigenvalue weighted by Crippen LogP contribution is -2.27. The van der Waals surface area contributed by atoms with Crippen molar-refractivity contribution < 1.29 is 19.4 Å². The zero-order chi connectivity index (χ0) is 16.0. The van der Waals surface area contributed by atoms with Crippen molar-refractivity contribution in [3.05, 3.63) is 47.0 Å². The highest BCUT2D eigenvalue weighted by molar-refractivity contribution is 5.97. The molecule has 4 nitrogen and oxygen atoms in total. The molecule has 0 aromatic heterocycles. The molecule has 0 fully saturated rings. The summed E-state index contributed by atoms with van der Waals surface area (Å²) in [6.07, 6.45) is 2.87. The fourth-order valence-electron chi connectivity index (χ4n) is 3.01. The lowest BCUT2D eigenvalue weighted by Gasteiger charge is -2.16. The van der Waals surface area contributed by atoms with Crippen molar-refractivity contribution in [3.63, 3.8) is 0 Å². The zero-order valence-electron chi connectivity index (χ0n) is 13.3. The Morgan fingerprint density at radius 2 is 1.91 bits per heavy atom. The van der Waals surface area contributed by atoms with Crippen molar-refractivity contribution in [1.29, 1.82) is 0 Å². The molecular formula is C18H24O4. The molecule has 1 atom stereocenters. The molecule has 120 valence electrons. The van der Waals surface area contributed by atoms with Crippen molar-refractivity contribution in [1.82, 2.24) is 0 Å². The first-order valence-electron chi connectivity index (χ1n) is 7.78. The van der Waals surface area contributed by atoms with Crippen molar-refractivity contribution in [3.8, 4) is 0 Å². The molecule has 4 heteroatoms. The predicted octanol–water partition coefficient (Wildman–Crippen LogP) is 3.17. The summed E-state index contributed by atoms with van der Waals surface area (Å²) in [7, 11) is 1.62. The Kier molecular flexibility index (Phi) is 5.75. The molecule has 0 bridgehead atoms. The molecular weight excluding hydrogens is 280 g/mol. The Balaban J connectivity index is 2.19. The van der Waals surface area contributed by atoms with Crippen LogP contribution in [0.4, 0.5) is 0 Å². The largest absolute Gasteiger partial charge is 0.480 e. The van der Waals surface area contributed by atoms with E-state index < -0.39 is 11.4 Å². The number of hydrogen-bond acceptors (Lipinski definition) is 3. The van der Waals surface area contributed by atoms with E-state index in [0.717, 1.165) is 36.0 Å². The number of carboxylic acids is 1. The van der Waals surface area contributed by atoms with Crippen LogP contribution in [-0.4, -0.2) is 38.0 Å². The number of carbonyl (C=O) groups is 1. The van der Waals surface area contributed by atoms with Crippen molar-refractivity contribution >= 4 is 5.97 Å². The minimum atomic E-state index is -0.941. The molecule has 22 heavy (non-hydrogen) atoms. The standard InChI is InChI=1S/C18H24O4/c1-3-4-10-15-16(13-22-12-11-21-2)18(15,17(19)20)14-8-6-5-7-9-14/h5-9H,3-4,10-13H2,1-2H3,(H,19,20)/t18-/m0/s1. The van der Waals surface area contributed by atoms with E-state index in [1.54, 1.807) is 7.11 Å². The Morgan fingerprint density at radius 3 is 2.50 bits per heavy atom. The Morgan fingerprint density at radius 1 is 1.18 bits per heavy atom. The normalized spacial score (nSPS) is 20.3. The van der Waals surface area contributed by atoms with Gasteiger partial charge in [0.2, 0.25) is 0 Å². The zero-order valence-corrected chi connectivity index (χ0v) is 13.3. The second-order valence-corrected chi connectivity index (χ2v) is 5.53. The molecule has 0 amide bonds. The molecule has 0 spiro atoms. The van der Waals surface area contributed by atoms with Gasteiger partial charge in [0.05, 0.1) is 19.8 Å². The van der Waals surface area contributed by atoms with Gasteiger partial charge in [-0.1, -0.05) is 43.7 Å². The monoisotopic (exact) mass is 304 g/mol. The number of ether oxygens (including phenoxy) is 2. The third-order valence-corrected chi connectivity index (χ3v) is 4.19. The van der Waals surface area contributed by atoms with Crippen LogP contribution in [-0.2, 0) is 19.7 Å². The van der Waals surface area contributed by atoms with E-state index >= 15 is 0 Å². The van der Waals surface area contributed by atoms with Crippen LogP contribution in [0.15, 0.2) is 41.5 Å². The average molecular weight is 304 g/mol. The molecule has 0 heterocycles. The third-order valence-electron chi connectivity index (χ3n) is 4.19. The number of unbranched alkanes of at least 4 members (excludes halogenated alkanes) is 1. The average Bonchev–Trinajstić information content (AvgIpc) is 3.19. The molecule has 1 aliphatic rings. The fourth-order valence-corrected chi connectivity index (χ4v) is 3.01. The number of carboxylic acid groups (broad SMARTS) is 1. The highest BCUT2D eigenvalue weighted by Crippen LogP contribution is 2.56. The van der Waals surface area contributed by atoms with Gasteiger partial charge in [-0.25, -0.2) is 0 Å². The highest BCUT2D eigenvalue weighted by atomic mass is 16.5. The van der Waals surface area contributed by atoms with Gasteiger partial charge >= 0.3 is 5.97 Å². The minimum absolute atomic E-state index is 0.365. The predicted molar refractivity (Wildman–Crippen MR) is 85.0 cm³/mol. The Bertz CT molecular complexity index is 535. The van der Waals surface area contributed by atoms with Crippen LogP contribution in [0.5, 0.6) is 0 Å². The number of benzene rings is 1. The van der Waals surface area contributed by atoms with E-state index in [-0.39, 0.29) is 0 Å². The number of methoxy groups -OCH3 is 1. The maximum absolute atomic E-state index is 12.0. The molecule has 1 aromatic rings. The van der Waals surface area contributed by atoms with E-state index in [4.69, 9.17) is 9.47 Å². The summed E-state index contributed by atoms with van der Waals surface area (Å²) in [4.78, 5) is 12.0. The minimum Gasteiger partial charge on any atom is -0.480 e. The molecule has 1 aliphatic carbocycles. The van der Waals surface area contributed by atoms with E-state index in [9.17, 15) is 9.90 Å². The van der Waals surface area contributed by atoms with Crippen LogP contribution in [0.2, 0.25) is 0 Å². The van der Waals surface area contributed by atoms with Crippen LogP contribution in [0, 0.1) is 0 Å². The van der Waals surface area contributed by atoms with Crippen molar-refractivity contribution in [2.24, 2.45) is 0 Å². The van der Waals surface area contributed by atoms with Gasteiger partial charge in [0.15, 0.2) is 0 Å². The highest BCUT2D eigenvalue weighted by Gasteiger charge is 2.59. The van der Waals surface area contributed by atoms with Crippen LogP contribution >= 0.6 is 0 Å². The van der Waals surface area contributed by atoms with Crippen LogP contribution in [0.3, 0.4) is 0 Å². The summed E-state index contributed by atoms with van der Waals surface area (Å²) in [5.41, 5.74) is 1.82. The Hall–Kier alpha value is -1.65. The molecule has 0 unspecified atom stereocenters. The van der Waals surface area contributed by atoms with E-state index in [0.29, 0.717) is 19.8 Å². The fraction of sp³-hybridized carbons (Fsp3) is 0.500. The first-order valence-corrected chi connectivity index (χ1v) is 7.78. The van der Waals surface area contributed by atoms with Gasteiger partial charge in [-0.3, -0.25) is 4.79 Å². The van der Waals surface area contributed by atoms with Gasteiger partial charge in [-0.05, 0) is 29.6 Å². The first kappa shape index (κ1) is 16.7. The summed E-state index contributed by atoms with van der Waals surface area (Å²) >= 11 is 0. The summed E-state index contributed by atoms with van der Waals surface area (Å²) in [5.74, 6) is -0.796. The smallest absolute Gasteiger partial charge is 0.322 e. The lowest BCUT2D eigenvalue weighted by molar-refractivity contribution is -0.139. The molecule has 2 rings (SSSR count). The van der Waals surface area contributed by atoms with E-state index in [1.807, 2.05) is 30.3 Å². The van der Waals surface area contributed by atoms with Gasteiger partial charge in [0, 0.05) is 7.11 Å². The SMILES string of the molecule is CCCCC1=C(COCCOC)[C@]1(C(=O)O)c1ccccc1. The van der Waals surface area contributed by atoms with Gasteiger partial charge in [-0.2, -0.15) is 0 Å². The molecule has 0 saturated carbocycles. The summed E-state index contributed by atoms with van der Waals surface area (Å²) in [6, 6.07) is 9.46. The third kappa shape index (κ3) is 3.08. The van der Waals surface area contributed by atoms with E-state index in [1.165, 1.54) is 0 Å². The summed E-state index contributed by atoms with van der Waals surface area (Å²) in [6.45, 7) is 3.47. The topological polar surface area (TPSA) is 55.8 Å². The molecule has 0 aliphatic heterocycles.